The third-order valence-electron chi connectivity index (χ3n) is 6.29. The van der Waals surface area contributed by atoms with Crippen LogP contribution in [0.2, 0.25) is 0 Å². The standard InChI is InChI=1S/C27H28N6O5/c1-28-24(34)16-6-4-15(5-7-16)19-13-30-23-22(19)26(38-18-10-11-37-14-18)33-27(32-23)31-20-9-8-17(25(35)29-2)12-21(20)36-3/h4-9,12-13,18H,10-11,14H2,1-3H3,(H,28,34)(H,29,35)(H2,30,31,32,33). The van der Waals surface area contributed by atoms with Crippen molar-refractivity contribution >= 4 is 34.5 Å². The Bertz CT molecular complexity index is 1480. The molecule has 1 aliphatic rings. The maximum absolute atomic E-state index is 12.0. The number of carbonyl (C=O) groups excluding carboxylic acids is 2. The molecular formula is C27H28N6O5. The lowest BCUT2D eigenvalue weighted by molar-refractivity contribution is 0.0955. The molecule has 2 aromatic carbocycles. The first kappa shape index (κ1) is 25.0. The van der Waals surface area contributed by atoms with Gasteiger partial charge in [-0.05, 0) is 35.9 Å². The van der Waals surface area contributed by atoms with E-state index in [4.69, 9.17) is 19.2 Å². The van der Waals surface area contributed by atoms with Gasteiger partial charge in [-0.2, -0.15) is 9.97 Å². The van der Waals surface area contributed by atoms with Crippen molar-refractivity contribution in [3.63, 3.8) is 0 Å². The van der Waals surface area contributed by atoms with Crippen molar-refractivity contribution in [1.82, 2.24) is 25.6 Å². The van der Waals surface area contributed by atoms with E-state index in [1.54, 1.807) is 44.4 Å². The fraction of sp³-hybridized carbons (Fsp3) is 0.259. The number of ether oxygens (including phenoxy) is 3. The summed E-state index contributed by atoms with van der Waals surface area (Å²) in [7, 11) is 4.70. The van der Waals surface area contributed by atoms with E-state index >= 15 is 0 Å². The van der Waals surface area contributed by atoms with Gasteiger partial charge in [-0.15, -0.1) is 0 Å². The number of rotatable bonds is 8. The van der Waals surface area contributed by atoms with Gasteiger partial charge in [-0.1, -0.05) is 12.1 Å². The predicted molar refractivity (Wildman–Crippen MR) is 142 cm³/mol. The van der Waals surface area contributed by atoms with Crippen LogP contribution in [-0.4, -0.2) is 67.3 Å². The summed E-state index contributed by atoms with van der Waals surface area (Å²) < 4.78 is 17.3. The number of nitrogens with one attached hydrogen (secondary N) is 4. The van der Waals surface area contributed by atoms with E-state index in [9.17, 15) is 9.59 Å². The lowest BCUT2D eigenvalue weighted by Crippen LogP contribution is -2.18. The number of aromatic nitrogens is 3. The average Bonchev–Trinajstić information content (AvgIpc) is 3.62. The molecule has 0 spiro atoms. The summed E-state index contributed by atoms with van der Waals surface area (Å²) in [4.78, 5) is 36.6. The highest BCUT2D eigenvalue weighted by molar-refractivity contribution is 5.99. The largest absolute Gasteiger partial charge is 0.495 e. The molecule has 11 nitrogen and oxygen atoms in total. The summed E-state index contributed by atoms with van der Waals surface area (Å²) in [5.41, 5.74) is 3.92. The normalized spacial score (nSPS) is 14.8. The fourth-order valence-electron chi connectivity index (χ4n) is 4.28. The summed E-state index contributed by atoms with van der Waals surface area (Å²) >= 11 is 0. The number of fused-ring (bicyclic) bond motifs is 1. The topological polar surface area (TPSA) is 139 Å². The summed E-state index contributed by atoms with van der Waals surface area (Å²) in [5, 5.41) is 9.13. The van der Waals surface area contributed by atoms with E-state index in [1.807, 2.05) is 18.3 Å². The molecule has 2 amide bonds. The highest BCUT2D eigenvalue weighted by Gasteiger charge is 2.23. The molecule has 1 atom stereocenters. The van der Waals surface area contributed by atoms with Gasteiger partial charge in [0.05, 0.1) is 31.4 Å². The molecule has 0 saturated carbocycles. The van der Waals surface area contributed by atoms with Gasteiger partial charge in [-0.3, -0.25) is 9.59 Å². The Morgan fingerprint density at radius 1 is 1.03 bits per heavy atom. The van der Waals surface area contributed by atoms with E-state index in [0.717, 1.165) is 22.9 Å². The van der Waals surface area contributed by atoms with E-state index in [0.29, 0.717) is 53.3 Å². The van der Waals surface area contributed by atoms with E-state index in [1.165, 1.54) is 7.11 Å². The van der Waals surface area contributed by atoms with Crippen LogP contribution >= 0.6 is 0 Å². The number of methoxy groups -OCH3 is 1. The van der Waals surface area contributed by atoms with Crippen LogP contribution in [0.4, 0.5) is 11.6 Å². The second kappa shape index (κ2) is 10.8. The molecule has 11 heteroatoms. The van der Waals surface area contributed by atoms with Crippen molar-refractivity contribution in [2.24, 2.45) is 0 Å². The van der Waals surface area contributed by atoms with Crippen LogP contribution < -0.4 is 25.4 Å². The van der Waals surface area contributed by atoms with Crippen LogP contribution in [-0.2, 0) is 4.74 Å². The minimum atomic E-state index is -0.218. The van der Waals surface area contributed by atoms with Gasteiger partial charge in [0.1, 0.15) is 17.5 Å². The maximum Gasteiger partial charge on any atom is 0.251 e. The zero-order valence-electron chi connectivity index (χ0n) is 21.3. The monoisotopic (exact) mass is 516 g/mol. The Morgan fingerprint density at radius 2 is 1.76 bits per heavy atom. The molecule has 1 unspecified atom stereocenters. The molecule has 4 aromatic rings. The lowest BCUT2D eigenvalue weighted by atomic mass is 10.0. The van der Waals surface area contributed by atoms with Crippen LogP contribution in [0.15, 0.2) is 48.7 Å². The smallest absolute Gasteiger partial charge is 0.251 e. The van der Waals surface area contributed by atoms with Crippen LogP contribution in [0, 0.1) is 0 Å². The van der Waals surface area contributed by atoms with Gasteiger partial charge in [-0.25, -0.2) is 0 Å². The Labute approximate surface area is 218 Å². The first-order chi connectivity index (χ1) is 18.5. The Morgan fingerprint density at radius 3 is 2.45 bits per heavy atom. The second-order valence-electron chi connectivity index (χ2n) is 8.66. The molecule has 0 radical (unpaired) electrons. The summed E-state index contributed by atoms with van der Waals surface area (Å²) in [6, 6.07) is 12.3. The number of nitrogens with zero attached hydrogens (tertiary/aromatic N) is 2. The zero-order chi connectivity index (χ0) is 26.6. The van der Waals surface area contributed by atoms with E-state index in [-0.39, 0.29) is 17.9 Å². The van der Waals surface area contributed by atoms with Gasteiger partial charge < -0.3 is 35.1 Å². The summed E-state index contributed by atoms with van der Waals surface area (Å²) in [5.74, 6) is 0.786. The number of amides is 2. The van der Waals surface area contributed by atoms with Crippen molar-refractivity contribution < 1.29 is 23.8 Å². The minimum Gasteiger partial charge on any atom is -0.495 e. The SMILES string of the molecule is CNC(=O)c1ccc(-c2c[nH]c3nc(Nc4ccc(C(=O)NC)cc4OC)nc(OC4CCOC4)c23)cc1. The summed E-state index contributed by atoms with van der Waals surface area (Å²) in [6.07, 6.45) is 2.46. The lowest BCUT2D eigenvalue weighted by Gasteiger charge is -2.15. The number of H-pyrrole nitrogens is 1. The molecule has 1 saturated heterocycles. The minimum absolute atomic E-state index is 0.138. The highest BCUT2D eigenvalue weighted by Crippen LogP contribution is 2.36. The molecule has 2 aromatic heterocycles. The van der Waals surface area contributed by atoms with Crippen molar-refractivity contribution in [3.8, 4) is 22.8 Å². The average molecular weight is 517 g/mol. The molecule has 1 fully saturated rings. The number of hydrogen-bond acceptors (Lipinski definition) is 8. The molecule has 38 heavy (non-hydrogen) atoms. The van der Waals surface area contributed by atoms with Crippen molar-refractivity contribution in [1.29, 1.82) is 0 Å². The maximum atomic E-state index is 12.0. The third kappa shape index (κ3) is 4.96. The van der Waals surface area contributed by atoms with Gasteiger partial charge in [0.25, 0.3) is 11.8 Å². The molecule has 0 bridgehead atoms. The van der Waals surface area contributed by atoms with Crippen molar-refractivity contribution in [3.05, 3.63) is 59.8 Å². The second-order valence-corrected chi connectivity index (χ2v) is 8.66. The van der Waals surface area contributed by atoms with E-state index < -0.39 is 0 Å². The van der Waals surface area contributed by atoms with Gasteiger partial charge in [0.2, 0.25) is 11.8 Å². The molecule has 3 heterocycles. The first-order valence-electron chi connectivity index (χ1n) is 12.1. The Kier molecular flexibility index (Phi) is 7.09. The van der Waals surface area contributed by atoms with Gasteiger partial charge in [0, 0.05) is 43.4 Å². The zero-order valence-corrected chi connectivity index (χ0v) is 21.3. The van der Waals surface area contributed by atoms with Crippen molar-refractivity contribution in [2.45, 2.75) is 12.5 Å². The molecular weight excluding hydrogens is 488 g/mol. The van der Waals surface area contributed by atoms with Crippen LogP contribution in [0.1, 0.15) is 27.1 Å². The first-order valence-corrected chi connectivity index (χ1v) is 12.1. The van der Waals surface area contributed by atoms with Gasteiger partial charge >= 0.3 is 0 Å². The highest BCUT2D eigenvalue weighted by atomic mass is 16.5. The number of carbonyl (C=O) groups is 2. The van der Waals surface area contributed by atoms with Crippen LogP contribution in [0.5, 0.6) is 11.6 Å². The van der Waals surface area contributed by atoms with E-state index in [2.05, 4.69) is 25.9 Å². The predicted octanol–water partition coefficient (Wildman–Crippen LogP) is 3.26. The molecule has 0 aliphatic carbocycles. The fourth-order valence-corrected chi connectivity index (χ4v) is 4.28. The Balaban J connectivity index is 1.54. The van der Waals surface area contributed by atoms with Crippen LogP contribution in [0.25, 0.3) is 22.2 Å². The number of benzene rings is 2. The number of hydrogen-bond donors (Lipinski definition) is 4. The van der Waals surface area contributed by atoms with Gasteiger partial charge in [0.15, 0.2) is 0 Å². The van der Waals surface area contributed by atoms with Crippen molar-refractivity contribution in [2.75, 3.05) is 39.7 Å². The van der Waals surface area contributed by atoms with Crippen LogP contribution in [0.3, 0.4) is 0 Å². The summed E-state index contributed by atoms with van der Waals surface area (Å²) in [6.45, 7) is 1.10. The molecule has 1 aliphatic heterocycles. The third-order valence-corrected chi connectivity index (χ3v) is 6.29. The quantitative estimate of drug-likeness (QED) is 0.280. The number of aromatic amines is 1. The Hall–Kier alpha value is -4.64. The number of anilines is 2. The molecule has 196 valence electrons. The molecule has 5 rings (SSSR count). The molecule has 4 N–H and O–H groups in total.